The van der Waals surface area contributed by atoms with Crippen molar-refractivity contribution in [2.75, 3.05) is 6.61 Å². The van der Waals surface area contributed by atoms with Gasteiger partial charge in [-0.2, -0.15) is 4.39 Å². The molecule has 0 unspecified atom stereocenters. The quantitative estimate of drug-likeness (QED) is 0.744. The SMILES string of the molecule is CCOCc1nccn1Cc1ccc(F)nc1. The molecule has 5 heteroatoms. The number of hydrogen-bond donors (Lipinski definition) is 0. The molecule has 2 aromatic heterocycles. The largest absolute Gasteiger partial charge is 0.374 e. The van der Waals surface area contributed by atoms with Crippen LogP contribution in [-0.4, -0.2) is 21.1 Å². The van der Waals surface area contributed by atoms with E-state index < -0.39 is 5.95 Å². The summed E-state index contributed by atoms with van der Waals surface area (Å²) in [5.74, 6) is 0.394. The predicted octanol–water partition coefficient (Wildman–Crippen LogP) is 2.00. The first-order valence-electron chi connectivity index (χ1n) is 5.47. The van der Waals surface area contributed by atoms with E-state index in [-0.39, 0.29) is 0 Å². The Morgan fingerprint density at radius 1 is 1.35 bits per heavy atom. The molecule has 0 radical (unpaired) electrons. The fraction of sp³-hybridized carbons (Fsp3) is 0.333. The Morgan fingerprint density at radius 2 is 2.24 bits per heavy atom. The minimum absolute atomic E-state index is 0.464. The zero-order chi connectivity index (χ0) is 12.1. The number of ether oxygens (including phenoxy) is 1. The number of aromatic nitrogens is 3. The zero-order valence-corrected chi connectivity index (χ0v) is 9.64. The van der Waals surface area contributed by atoms with Crippen LogP contribution in [0.3, 0.4) is 0 Å². The molecule has 17 heavy (non-hydrogen) atoms. The van der Waals surface area contributed by atoms with Gasteiger partial charge in [0.2, 0.25) is 5.95 Å². The lowest BCUT2D eigenvalue weighted by atomic mass is 10.3. The summed E-state index contributed by atoms with van der Waals surface area (Å²) in [6, 6.07) is 3.07. The van der Waals surface area contributed by atoms with E-state index in [1.165, 1.54) is 12.3 Å². The Balaban J connectivity index is 2.07. The number of hydrogen-bond acceptors (Lipinski definition) is 3. The fourth-order valence-electron chi connectivity index (χ4n) is 1.51. The van der Waals surface area contributed by atoms with Gasteiger partial charge in [0.05, 0.1) is 6.54 Å². The van der Waals surface area contributed by atoms with Crippen LogP contribution < -0.4 is 0 Å². The van der Waals surface area contributed by atoms with Crippen molar-refractivity contribution in [1.29, 1.82) is 0 Å². The summed E-state index contributed by atoms with van der Waals surface area (Å²) >= 11 is 0. The summed E-state index contributed by atoms with van der Waals surface area (Å²) in [6.07, 6.45) is 5.13. The highest BCUT2D eigenvalue weighted by Gasteiger charge is 2.03. The predicted molar refractivity (Wildman–Crippen MR) is 60.9 cm³/mol. The molecule has 0 N–H and O–H groups in total. The number of imidazole rings is 1. The van der Waals surface area contributed by atoms with Crippen LogP contribution >= 0.6 is 0 Å². The Hall–Kier alpha value is -1.75. The van der Waals surface area contributed by atoms with Crippen LogP contribution in [0, 0.1) is 5.95 Å². The van der Waals surface area contributed by atoms with Crippen LogP contribution in [0.1, 0.15) is 18.3 Å². The smallest absolute Gasteiger partial charge is 0.212 e. The maximum Gasteiger partial charge on any atom is 0.212 e. The lowest BCUT2D eigenvalue weighted by Crippen LogP contribution is -2.06. The third-order valence-electron chi connectivity index (χ3n) is 2.38. The molecule has 0 aliphatic heterocycles. The second kappa shape index (κ2) is 5.54. The van der Waals surface area contributed by atoms with Crippen molar-refractivity contribution < 1.29 is 9.13 Å². The summed E-state index contributed by atoms with van der Waals surface area (Å²) in [5.41, 5.74) is 0.933. The molecule has 0 saturated carbocycles. The van der Waals surface area contributed by atoms with Crippen molar-refractivity contribution in [3.63, 3.8) is 0 Å². The molecule has 0 aliphatic carbocycles. The van der Waals surface area contributed by atoms with Gasteiger partial charge in [-0.15, -0.1) is 0 Å². The maximum atomic E-state index is 12.7. The summed E-state index contributed by atoms with van der Waals surface area (Å²) in [5, 5.41) is 0. The summed E-state index contributed by atoms with van der Waals surface area (Å²) < 4.78 is 19.9. The van der Waals surface area contributed by atoms with E-state index in [2.05, 4.69) is 9.97 Å². The number of halogens is 1. The zero-order valence-electron chi connectivity index (χ0n) is 9.64. The van der Waals surface area contributed by atoms with Crippen LogP contribution in [0.25, 0.3) is 0 Å². The van der Waals surface area contributed by atoms with Crippen molar-refractivity contribution >= 4 is 0 Å². The standard InChI is InChI=1S/C12H14FN3O/c1-2-17-9-12-14-5-6-16(12)8-10-3-4-11(13)15-7-10/h3-7H,2,8-9H2,1H3. The number of nitrogens with zero attached hydrogens (tertiary/aromatic N) is 3. The fourth-order valence-corrected chi connectivity index (χ4v) is 1.51. The van der Waals surface area contributed by atoms with Gasteiger partial charge in [0, 0.05) is 25.2 Å². The van der Waals surface area contributed by atoms with E-state index in [0.717, 1.165) is 11.4 Å². The van der Waals surface area contributed by atoms with Gasteiger partial charge in [-0.1, -0.05) is 6.07 Å². The van der Waals surface area contributed by atoms with E-state index in [9.17, 15) is 4.39 Å². The normalized spacial score (nSPS) is 10.7. The number of pyridine rings is 1. The molecule has 0 atom stereocenters. The van der Waals surface area contributed by atoms with Crippen LogP contribution in [-0.2, 0) is 17.9 Å². The highest BCUT2D eigenvalue weighted by atomic mass is 19.1. The van der Waals surface area contributed by atoms with Gasteiger partial charge in [-0.25, -0.2) is 9.97 Å². The van der Waals surface area contributed by atoms with Crippen molar-refractivity contribution in [3.8, 4) is 0 Å². The van der Waals surface area contributed by atoms with Crippen LogP contribution in [0.15, 0.2) is 30.7 Å². The lowest BCUT2D eigenvalue weighted by molar-refractivity contribution is 0.126. The Labute approximate surface area is 99.1 Å². The molecule has 90 valence electrons. The van der Waals surface area contributed by atoms with Gasteiger partial charge in [-0.3, -0.25) is 0 Å². The Bertz CT molecular complexity index is 467. The third kappa shape index (κ3) is 3.10. The molecular weight excluding hydrogens is 221 g/mol. The van der Waals surface area contributed by atoms with Gasteiger partial charge in [0.1, 0.15) is 12.4 Å². The van der Waals surface area contributed by atoms with E-state index in [4.69, 9.17) is 4.74 Å². The van der Waals surface area contributed by atoms with Crippen LogP contribution in [0.5, 0.6) is 0 Å². The summed E-state index contributed by atoms with van der Waals surface area (Å²) in [6.45, 7) is 3.70. The van der Waals surface area contributed by atoms with Crippen LogP contribution in [0.4, 0.5) is 4.39 Å². The molecule has 0 amide bonds. The molecule has 0 spiro atoms. The monoisotopic (exact) mass is 235 g/mol. The maximum absolute atomic E-state index is 12.7. The second-order valence-electron chi connectivity index (χ2n) is 3.60. The van der Waals surface area contributed by atoms with Gasteiger partial charge in [0.15, 0.2) is 0 Å². The summed E-state index contributed by atoms with van der Waals surface area (Å²) in [4.78, 5) is 7.83. The van der Waals surface area contributed by atoms with Gasteiger partial charge < -0.3 is 9.30 Å². The molecule has 2 heterocycles. The molecule has 0 aromatic carbocycles. The molecule has 0 bridgehead atoms. The highest BCUT2D eigenvalue weighted by molar-refractivity contribution is 5.11. The van der Waals surface area contributed by atoms with E-state index >= 15 is 0 Å². The first-order chi connectivity index (χ1) is 8.29. The molecule has 0 fully saturated rings. The Kier molecular flexibility index (Phi) is 3.82. The van der Waals surface area contributed by atoms with Gasteiger partial charge in [0.25, 0.3) is 0 Å². The molecular formula is C12H14FN3O. The first-order valence-corrected chi connectivity index (χ1v) is 5.47. The van der Waals surface area contributed by atoms with E-state index in [0.29, 0.717) is 19.8 Å². The highest BCUT2D eigenvalue weighted by Crippen LogP contribution is 2.06. The number of rotatable bonds is 5. The molecule has 2 rings (SSSR count). The van der Waals surface area contributed by atoms with Crippen molar-refractivity contribution in [2.24, 2.45) is 0 Å². The topological polar surface area (TPSA) is 39.9 Å². The lowest BCUT2D eigenvalue weighted by Gasteiger charge is -2.07. The van der Waals surface area contributed by atoms with Crippen LogP contribution in [0.2, 0.25) is 0 Å². The second-order valence-corrected chi connectivity index (χ2v) is 3.60. The van der Waals surface area contributed by atoms with Gasteiger partial charge in [-0.05, 0) is 18.6 Å². The average Bonchev–Trinajstić information content (AvgIpc) is 2.77. The third-order valence-corrected chi connectivity index (χ3v) is 2.38. The summed E-state index contributed by atoms with van der Waals surface area (Å²) in [7, 11) is 0. The molecule has 4 nitrogen and oxygen atoms in total. The Morgan fingerprint density at radius 3 is 2.94 bits per heavy atom. The van der Waals surface area contributed by atoms with E-state index in [1.54, 1.807) is 12.3 Å². The van der Waals surface area contributed by atoms with Crippen molar-refractivity contribution in [2.45, 2.75) is 20.1 Å². The average molecular weight is 235 g/mol. The first kappa shape index (κ1) is 11.7. The van der Waals surface area contributed by atoms with E-state index in [1.807, 2.05) is 17.7 Å². The minimum atomic E-state index is -0.464. The minimum Gasteiger partial charge on any atom is -0.374 e. The van der Waals surface area contributed by atoms with Crippen molar-refractivity contribution in [3.05, 3.63) is 48.1 Å². The van der Waals surface area contributed by atoms with Gasteiger partial charge >= 0.3 is 0 Å². The van der Waals surface area contributed by atoms with Crippen molar-refractivity contribution in [1.82, 2.24) is 14.5 Å². The molecule has 0 aliphatic rings. The molecule has 2 aromatic rings. The molecule has 0 saturated heterocycles.